The normalized spacial score (nSPS) is 39.6. The van der Waals surface area contributed by atoms with E-state index in [9.17, 15) is 66.4 Å². The molecule has 0 amide bonds. The van der Waals surface area contributed by atoms with Crippen LogP contribution in [0.3, 0.4) is 0 Å². The van der Waals surface area contributed by atoms with Crippen LogP contribution in [0.1, 0.15) is 152 Å². The predicted molar refractivity (Wildman–Crippen MR) is 498 cm³/mol. The monoisotopic (exact) mass is 1990 g/mol. The average Bonchev–Trinajstić information content (AvgIpc) is 0.778. The molecule has 766 valence electrons. The molecule has 0 saturated carbocycles. The molecule has 21 saturated heterocycles. The van der Waals surface area contributed by atoms with Crippen LogP contribution in [0.25, 0.3) is 0 Å². The Labute approximate surface area is 781 Å². The molecule has 0 aromatic heterocycles. The summed E-state index contributed by atoms with van der Waals surface area (Å²) in [4.78, 5) is 0. The fourth-order valence-corrected chi connectivity index (χ4v) is 21.4. The van der Waals surface area contributed by atoms with Gasteiger partial charge in [0.1, 0.15) is 171 Å². The van der Waals surface area contributed by atoms with Gasteiger partial charge in [-0.2, -0.15) is 0 Å². The zero-order valence-corrected chi connectivity index (χ0v) is 91.7. The molecule has 0 aromatic carbocycles. The van der Waals surface area contributed by atoms with Crippen molar-refractivity contribution in [3.8, 4) is 0 Å². The third-order valence-electron chi connectivity index (χ3n) is 31.1. The molecule has 36 nitrogen and oxygen atoms in total. The molecule has 21 rings (SSSR count). The molecule has 21 fully saturated rings. The Morgan fingerprint density at radius 2 is 0.346 bits per heavy atom. The van der Waals surface area contributed by atoms with E-state index in [0.717, 1.165) is 0 Å². The first-order valence-electron chi connectivity index (χ1n) is 46.8. The molecule has 35 atom stereocenters. The lowest BCUT2D eigenvalue weighted by Crippen LogP contribution is -2.69. The summed E-state index contributed by atoms with van der Waals surface area (Å²) >= 11 is 0. The number of aliphatic hydroxyl groups is 13. The molecule has 21 aliphatic rings. The van der Waals surface area contributed by atoms with E-state index in [1.165, 1.54) is 0 Å². The highest BCUT2D eigenvalue weighted by atomic mass is 28.4. The van der Waals surface area contributed by atoms with Crippen molar-refractivity contribution in [2.24, 2.45) is 5.73 Å². The van der Waals surface area contributed by atoms with Crippen molar-refractivity contribution in [2.45, 2.75) is 494 Å². The van der Waals surface area contributed by atoms with Crippen molar-refractivity contribution < 1.29 is 168 Å². The van der Waals surface area contributed by atoms with E-state index in [1.54, 1.807) is 0 Å². The number of hydrogen-bond acceptors (Lipinski definition) is 36. The first kappa shape index (κ1) is 115. The van der Waals surface area contributed by atoms with Crippen LogP contribution >= 0.6 is 0 Å². The minimum absolute atomic E-state index is 0.123. The molecule has 0 unspecified atom stereocenters. The van der Waals surface area contributed by atoms with Crippen LogP contribution in [0.4, 0.5) is 0 Å². The summed E-state index contributed by atoms with van der Waals surface area (Å²) in [6.07, 6.45) is -63.4. The van der Waals surface area contributed by atoms with Crippen LogP contribution in [0.2, 0.25) is 127 Å². The lowest BCUT2D eigenvalue weighted by molar-refractivity contribution is -0.397. The van der Waals surface area contributed by atoms with Gasteiger partial charge in [0, 0.05) is 6.61 Å². The summed E-state index contributed by atoms with van der Waals surface area (Å²) in [7, 11) is -19.7. The summed E-state index contributed by atoms with van der Waals surface area (Å²) in [5.74, 6) is 0. The third-order valence-corrected chi connectivity index (χ3v) is 62.6. The Morgan fingerprint density at radius 3 is 0.492 bits per heavy atom. The van der Waals surface area contributed by atoms with Crippen molar-refractivity contribution >= 4 is 58.2 Å². The maximum Gasteiger partial charge on any atom is 0.192 e. The molecule has 130 heavy (non-hydrogen) atoms. The van der Waals surface area contributed by atoms with Gasteiger partial charge in [0.15, 0.2) is 102 Å². The zero-order valence-electron chi connectivity index (χ0n) is 84.7. The molecule has 21 aliphatic heterocycles. The van der Waals surface area contributed by atoms with E-state index < -0.39 is 308 Å². The molecule has 14 bridgehead atoms. The Hall–Kier alpha value is 0.0782. The van der Waals surface area contributed by atoms with Crippen LogP contribution in [0, 0.1) is 0 Å². The Morgan fingerprint density at radius 1 is 0.208 bits per heavy atom. The van der Waals surface area contributed by atoms with Gasteiger partial charge in [-0.05, 0) is 140 Å². The van der Waals surface area contributed by atoms with Gasteiger partial charge in [0.25, 0.3) is 0 Å². The van der Waals surface area contributed by atoms with Crippen LogP contribution in [0.5, 0.6) is 0 Å². The summed E-state index contributed by atoms with van der Waals surface area (Å²) in [6, 6.07) is 0. The molecule has 0 aliphatic carbocycles. The molecule has 0 spiro atoms. The quantitative estimate of drug-likeness (QED) is 0.0350. The third kappa shape index (κ3) is 26.7. The summed E-state index contributed by atoms with van der Waals surface area (Å²) in [5.41, 5.74) is 6.12. The number of nitrogens with two attached hydrogens (primary N) is 1. The fourth-order valence-electron chi connectivity index (χ4n) is 14.3. The van der Waals surface area contributed by atoms with Crippen molar-refractivity contribution in [3.05, 3.63) is 0 Å². The maximum absolute atomic E-state index is 13.4. The van der Waals surface area contributed by atoms with E-state index >= 15 is 0 Å². The second-order valence-electron chi connectivity index (χ2n) is 47.9. The highest BCUT2D eigenvalue weighted by molar-refractivity contribution is 6.76. The van der Waals surface area contributed by atoms with Gasteiger partial charge in [-0.15, -0.1) is 0 Å². The van der Waals surface area contributed by atoms with Crippen molar-refractivity contribution in [2.75, 3.05) is 59.4 Å². The largest absolute Gasteiger partial charge is 0.414 e. The number of hydrogen-bond donors (Lipinski definition) is 14. The number of rotatable bonds is 25. The van der Waals surface area contributed by atoms with E-state index in [1.807, 2.05) is 237 Å². The van der Waals surface area contributed by atoms with Gasteiger partial charge < -0.3 is 174 Å². The Balaban J connectivity index is 1.34. The molecular formula is C87H175NO35Si7. The van der Waals surface area contributed by atoms with E-state index in [0.29, 0.717) is 0 Å². The Kier molecular flexibility index (Phi) is 38.4. The molecule has 0 radical (unpaired) electrons. The molecule has 21 heterocycles. The zero-order chi connectivity index (χ0) is 98.8. The minimum atomic E-state index is -2.82. The van der Waals surface area contributed by atoms with Crippen LogP contribution in [-0.2, 0) is 102 Å². The summed E-state index contributed by atoms with van der Waals surface area (Å²) in [6.45, 7) is 67.6. The van der Waals surface area contributed by atoms with Gasteiger partial charge in [-0.3, -0.25) is 0 Å². The number of aliphatic hydroxyl groups excluding tert-OH is 13. The highest BCUT2D eigenvalue weighted by Gasteiger charge is 2.63. The SMILES string of the molecule is CC(C)(C)[Si](C)(C)OC[C@H]1O[C@@H]2O[C@H]3[C@H](O)[C@@H](O)[C@@H](O[C@H]4[C@H](O)[C@@H](O)[C@@H](O[C@H]5[C@H](O)[C@@H](OCCCN)[C@@H](O[C@H]6[C@H](O)[C@@H](O)[C@@H](O[C@H]7[C@H](O)[C@@H](O)[C@@H](O[C@H]8[C@H](O)[C@@H](O)[C@@H](O[C@H]1[C@H](O)[C@H]2O)O[C@@H]8CO[Si](C)(C)C(C)(C)C)O[C@@H]7CO[Si](C)(C)C(C)(C)C)O[C@@H]6CO[Si](C)(C)C(C)(C)C)O[C@@H]5CO[Si](C)(C)C(C)(C)C)O[C@@H]4CO[Si](C)(C)C(C)(C)C)O[C@@H]3CO[Si](C)(C)C(C)(C)C. The van der Waals surface area contributed by atoms with Gasteiger partial charge in [-0.25, -0.2) is 0 Å². The molecular weight excluding hydrogens is 1820 g/mol. The predicted octanol–water partition coefficient (Wildman–Crippen LogP) is 6.35. The van der Waals surface area contributed by atoms with E-state index in [4.69, 9.17) is 108 Å². The van der Waals surface area contributed by atoms with Gasteiger partial charge in [-0.1, -0.05) is 145 Å². The van der Waals surface area contributed by atoms with Crippen LogP contribution < -0.4 is 5.73 Å². The first-order chi connectivity index (χ1) is 59.0. The Bertz CT molecular complexity index is 3460. The highest BCUT2D eigenvalue weighted by Crippen LogP contribution is 2.48. The average molecular weight is 1990 g/mol. The lowest BCUT2D eigenvalue weighted by atomic mass is 9.95. The summed E-state index contributed by atoms with van der Waals surface area (Å²) < 4.78 is 150. The molecule has 0 aromatic rings. The fraction of sp³-hybridized carbons (Fsp3) is 1.00. The van der Waals surface area contributed by atoms with E-state index in [2.05, 4.69) is 0 Å². The maximum atomic E-state index is 13.4. The topological polar surface area (TPSA) is 492 Å². The van der Waals surface area contributed by atoms with Crippen molar-refractivity contribution in [3.63, 3.8) is 0 Å². The molecule has 15 N–H and O–H groups in total. The van der Waals surface area contributed by atoms with Crippen LogP contribution in [0.15, 0.2) is 0 Å². The number of ether oxygens (including phenoxy) is 15. The second-order valence-corrected chi connectivity index (χ2v) is 81.5. The van der Waals surface area contributed by atoms with Gasteiger partial charge in [0.2, 0.25) is 0 Å². The van der Waals surface area contributed by atoms with Crippen molar-refractivity contribution in [1.82, 2.24) is 0 Å². The van der Waals surface area contributed by atoms with Gasteiger partial charge in [0.05, 0.1) is 46.2 Å². The van der Waals surface area contributed by atoms with Crippen molar-refractivity contribution in [1.29, 1.82) is 0 Å². The molecule has 43 heteroatoms. The standard InChI is InChI=1S/C87H175NO35Si7/c1-81(2,3)124(22,23)103-39-46-66-53(89)59(95)75(110-46)118-68-48(41-105-126(26,27)83(7,8)9)112-77(61(97)55(68)91)120-70-50(43-107-128(30,31)85(13,14)15)114-79(63(99)57(70)93)122-72-52(45-109-130(34,35)87(19,20)21)116-80(73(65(72)101)102-38-36-37-88)123-71-51(44-108-129(32,33)86(16,17)18)115-78(64(100)58(71)94)121-69-49(42-106-127(28,29)84(10,11)12)113-76(62(98)56(69)92)119-67-47(40-104-125(24,25)82(4,5)6)111-74(117-66)60(96)54(67)90/h46-80,89-101H,36-45,88H2,1-35H3/t46-,47-,48-,49-,50-,51-,52-,53-,54-,55-,56-,57-,58-,59-,60-,61-,62-,63-,64-,65+,66-,67-,68-,69-,70-,71-,72-,73-,74-,75-,76-,77-,78-,79-,80-/m1/s1. The minimum Gasteiger partial charge on any atom is -0.414 e. The van der Waals surface area contributed by atoms with Gasteiger partial charge >= 0.3 is 0 Å². The lowest BCUT2D eigenvalue weighted by Gasteiger charge is -2.51. The van der Waals surface area contributed by atoms with Crippen LogP contribution in [-0.4, -0.2) is 399 Å². The van der Waals surface area contributed by atoms with E-state index in [-0.39, 0.29) is 65.8 Å². The smallest absolute Gasteiger partial charge is 0.192 e. The summed E-state index contributed by atoms with van der Waals surface area (Å²) in [5, 5.41) is 164. The first-order valence-corrected chi connectivity index (χ1v) is 67.1. The second kappa shape index (κ2) is 43.3.